The molecule has 0 radical (unpaired) electrons. The summed E-state index contributed by atoms with van der Waals surface area (Å²) in [4.78, 5) is 11.9. The van der Waals surface area contributed by atoms with Gasteiger partial charge in [0, 0.05) is 18.0 Å². The average molecular weight is 187 g/mol. The minimum atomic E-state index is -0.0688. The summed E-state index contributed by atoms with van der Waals surface area (Å²) in [6, 6.07) is 5.49. The van der Waals surface area contributed by atoms with Crippen molar-refractivity contribution in [2.24, 2.45) is 0 Å². The highest BCUT2D eigenvalue weighted by Crippen LogP contribution is 2.14. The standard InChI is InChI=1S/C10H9N3O/c14-6-9-5-10(13-7-12-9)8-1-3-11-4-2-8/h1-5,7,14H,6H2. The lowest BCUT2D eigenvalue weighted by atomic mass is 10.2. The zero-order valence-corrected chi connectivity index (χ0v) is 7.46. The first-order valence-corrected chi connectivity index (χ1v) is 4.22. The van der Waals surface area contributed by atoms with Crippen molar-refractivity contribution < 1.29 is 5.11 Å². The molecule has 0 saturated heterocycles. The molecule has 4 nitrogen and oxygen atoms in total. The van der Waals surface area contributed by atoms with Crippen molar-refractivity contribution in [3.05, 3.63) is 42.6 Å². The molecule has 0 unspecified atom stereocenters. The Balaban J connectivity index is 2.42. The van der Waals surface area contributed by atoms with E-state index >= 15 is 0 Å². The van der Waals surface area contributed by atoms with E-state index in [1.54, 1.807) is 18.5 Å². The highest BCUT2D eigenvalue weighted by molar-refractivity contribution is 5.57. The van der Waals surface area contributed by atoms with Crippen LogP contribution in [0.4, 0.5) is 0 Å². The first kappa shape index (κ1) is 8.77. The molecule has 0 spiro atoms. The molecule has 0 aliphatic heterocycles. The van der Waals surface area contributed by atoms with Crippen LogP contribution in [0.15, 0.2) is 36.9 Å². The van der Waals surface area contributed by atoms with E-state index in [9.17, 15) is 0 Å². The lowest BCUT2D eigenvalue weighted by Crippen LogP contribution is -1.92. The molecule has 0 saturated carbocycles. The number of rotatable bonds is 2. The van der Waals surface area contributed by atoms with Gasteiger partial charge in [0.15, 0.2) is 0 Å². The van der Waals surface area contributed by atoms with Crippen molar-refractivity contribution in [2.45, 2.75) is 6.61 Å². The van der Waals surface area contributed by atoms with Crippen LogP contribution in [0, 0.1) is 0 Å². The zero-order chi connectivity index (χ0) is 9.80. The van der Waals surface area contributed by atoms with Crippen LogP contribution in [-0.4, -0.2) is 20.1 Å². The van der Waals surface area contributed by atoms with Crippen LogP contribution in [0.2, 0.25) is 0 Å². The minimum Gasteiger partial charge on any atom is -0.390 e. The maximum absolute atomic E-state index is 8.91. The average Bonchev–Trinajstić information content (AvgIpc) is 2.30. The minimum absolute atomic E-state index is 0.0688. The maximum Gasteiger partial charge on any atom is 0.116 e. The molecule has 0 aliphatic rings. The van der Waals surface area contributed by atoms with Gasteiger partial charge in [0.1, 0.15) is 6.33 Å². The molecule has 0 atom stereocenters. The molecule has 70 valence electrons. The summed E-state index contributed by atoms with van der Waals surface area (Å²) in [7, 11) is 0. The summed E-state index contributed by atoms with van der Waals surface area (Å²) in [5.41, 5.74) is 2.38. The second kappa shape index (κ2) is 3.93. The van der Waals surface area contributed by atoms with Crippen LogP contribution in [0.5, 0.6) is 0 Å². The summed E-state index contributed by atoms with van der Waals surface area (Å²) >= 11 is 0. The van der Waals surface area contributed by atoms with Crippen molar-refractivity contribution in [1.29, 1.82) is 0 Å². The van der Waals surface area contributed by atoms with Crippen LogP contribution >= 0.6 is 0 Å². The van der Waals surface area contributed by atoms with E-state index in [4.69, 9.17) is 5.11 Å². The van der Waals surface area contributed by atoms with Crippen LogP contribution in [0.3, 0.4) is 0 Å². The molecule has 0 aliphatic carbocycles. The van der Waals surface area contributed by atoms with Gasteiger partial charge in [-0.25, -0.2) is 9.97 Å². The van der Waals surface area contributed by atoms with Gasteiger partial charge in [0.2, 0.25) is 0 Å². The molecular weight excluding hydrogens is 178 g/mol. The quantitative estimate of drug-likeness (QED) is 0.762. The number of aliphatic hydroxyl groups is 1. The predicted octanol–water partition coefficient (Wildman–Crippen LogP) is 1.03. The Morgan fingerprint density at radius 1 is 1.14 bits per heavy atom. The monoisotopic (exact) mass is 187 g/mol. The molecule has 2 rings (SSSR count). The Kier molecular flexibility index (Phi) is 2.46. The Bertz CT molecular complexity index is 417. The second-order valence-corrected chi connectivity index (χ2v) is 2.79. The Hall–Kier alpha value is -1.81. The molecule has 2 heterocycles. The lowest BCUT2D eigenvalue weighted by Gasteiger charge is -2.00. The van der Waals surface area contributed by atoms with E-state index in [1.807, 2.05) is 12.1 Å². The van der Waals surface area contributed by atoms with Crippen LogP contribution < -0.4 is 0 Å². The summed E-state index contributed by atoms with van der Waals surface area (Å²) in [6.45, 7) is -0.0688. The highest BCUT2D eigenvalue weighted by atomic mass is 16.3. The summed E-state index contributed by atoms with van der Waals surface area (Å²) in [6.07, 6.45) is 4.85. The van der Waals surface area contributed by atoms with Crippen molar-refractivity contribution in [1.82, 2.24) is 15.0 Å². The molecule has 1 N–H and O–H groups in total. The van der Waals surface area contributed by atoms with E-state index in [-0.39, 0.29) is 6.61 Å². The molecule has 0 bridgehead atoms. The van der Waals surface area contributed by atoms with Crippen LogP contribution in [0.1, 0.15) is 5.69 Å². The Labute approximate surface area is 81.3 Å². The molecule has 0 amide bonds. The normalized spacial score (nSPS) is 10.1. The second-order valence-electron chi connectivity index (χ2n) is 2.79. The van der Waals surface area contributed by atoms with Crippen LogP contribution in [-0.2, 0) is 6.61 Å². The summed E-state index contributed by atoms with van der Waals surface area (Å²) in [5.74, 6) is 0. The topological polar surface area (TPSA) is 58.9 Å². The van der Waals surface area contributed by atoms with Gasteiger partial charge >= 0.3 is 0 Å². The van der Waals surface area contributed by atoms with E-state index in [2.05, 4.69) is 15.0 Å². The van der Waals surface area contributed by atoms with Crippen LogP contribution in [0.25, 0.3) is 11.3 Å². The highest BCUT2D eigenvalue weighted by Gasteiger charge is 1.99. The zero-order valence-electron chi connectivity index (χ0n) is 7.46. The van der Waals surface area contributed by atoms with Gasteiger partial charge in [0.05, 0.1) is 18.0 Å². The molecule has 2 aromatic heterocycles. The molecule has 14 heavy (non-hydrogen) atoms. The van der Waals surface area contributed by atoms with Gasteiger partial charge in [-0.15, -0.1) is 0 Å². The fraction of sp³-hybridized carbons (Fsp3) is 0.100. The van der Waals surface area contributed by atoms with Gasteiger partial charge in [-0.05, 0) is 18.2 Å². The third-order valence-corrected chi connectivity index (χ3v) is 1.86. The number of hydrogen-bond acceptors (Lipinski definition) is 4. The van der Waals surface area contributed by atoms with E-state index < -0.39 is 0 Å². The Morgan fingerprint density at radius 3 is 2.64 bits per heavy atom. The van der Waals surface area contributed by atoms with Gasteiger partial charge in [-0.2, -0.15) is 0 Å². The van der Waals surface area contributed by atoms with Crippen molar-refractivity contribution in [3.63, 3.8) is 0 Å². The number of aliphatic hydroxyl groups excluding tert-OH is 1. The third-order valence-electron chi connectivity index (χ3n) is 1.86. The molecular formula is C10H9N3O. The van der Waals surface area contributed by atoms with Gasteiger partial charge < -0.3 is 5.11 Å². The number of pyridine rings is 1. The fourth-order valence-electron chi connectivity index (χ4n) is 1.16. The number of nitrogens with zero attached hydrogens (tertiary/aromatic N) is 3. The Morgan fingerprint density at radius 2 is 1.93 bits per heavy atom. The van der Waals surface area contributed by atoms with Gasteiger partial charge in [0.25, 0.3) is 0 Å². The number of aromatic nitrogens is 3. The summed E-state index contributed by atoms with van der Waals surface area (Å²) < 4.78 is 0. The van der Waals surface area contributed by atoms with Gasteiger partial charge in [-0.3, -0.25) is 4.98 Å². The first-order valence-electron chi connectivity index (χ1n) is 4.22. The largest absolute Gasteiger partial charge is 0.390 e. The SMILES string of the molecule is OCc1cc(-c2ccncc2)ncn1. The van der Waals surface area contributed by atoms with Gasteiger partial charge in [-0.1, -0.05) is 0 Å². The molecule has 0 aromatic carbocycles. The predicted molar refractivity (Wildman–Crippen MR) is 51.2 cm³/mol. The smallest absolute Gasteiger partial charge is 0.116 e. The lowest BCUT2D eigenvalue weighted by molar-refractivity contribution is 0.276. The molecule has 4 heteroatoms. The third kappa shape index (κ3) is 1.75. The summed E-state index contributed by atoms with van der Waals surface area (Å²) in [5, 5.41) is 8.91. The van der Waals surface area contributed by atoms with Crippen molar-refractivity contribution in [2.75, 3.05) is 0 Å². The van der Waals surface area contributed by atoms with Crippen molar-refractivity contribution in [3.8, 4) is 11.3 Å². The number of hydrogen-bond donors (Lipinski definition) is 1. The molecule has 0 fully saturated rings. The first-order chi connectivity index (χ1) is 6.90. The van der Waals surface area contributed by atoms with Crippen molar-refractivity contribution >= 4 is 0 Å². The van der Waals surface area contributed by atoms with E-state index in [1.165, 1.54) is 6.33 Å². The maximum atomic E-state index is 8.91. The fourth-order valence-corrected chi connectivity index (χ4v) is 1.16. The molecule has 2 aromatic rings. The van der Waals surface area contributed by atoms with E-state index in [0.717, 1.165) is 11.3 Å². The van der Waals surface area contributed by atoms with E-state index in [0.29, 0.717) is 5.69 Å².